The van der Waals surface area contributed by atoms with Gasteiger partial charge in [-0.1, -0.05) is 28.1 Å². The SMILES string of the molecule is COc1ccc2cc(Br)ccc2c1CC(=O)N1CC[NH+](C)CC1. The van der Waals surface area contributed by atoms with Crippen molar-refractivity contribution in [3.05, 3.63) is 40.4 Å². The smallest absolute Gasteiger partial charge is 0.227 e. The van der Waals surface area contributed by atoms with Crippen molar-refractivity contribution in [3.63, 3.8) is 0 Å². The molecule has 1 saturated heterocycles. The van der Waals surface area contributed by atoms with Crippen LogP contribution in [0.1, 0.15) is 5.56 Å². The zero-order valence-corrected chi connectivity index (χ0v) is 15.1. The predicted molar refractivity (Wildman–Crippen MR) is 95.1 cm³/mol. The van der Waals surface area contributed by atoms with Gasteiger partial charge in [-0.3, -0.25) is 4.79 Å². The largest absolute Gasteiger partial charge is 0.496 e. The molecule has 1 heterocycles. The van der Waals surface area contributed by atoms with Crippen molar-refractivity contribution in [3.8, 4) is 5.75 Å². The number of likely N-dealkylation sites (N-methyl/N-ethyl adjacent to an activating group) is 1. The number of hydrogen-bond donors (Lipinski definition) is 1. The van der Waals surface area contributed by atoms with E-state index in [0.29, 0.717) is 6.42 Å². The molecule has 5 heteroatoms. The lowest BCUT2D eigenvalue weighted by atomic mass is 10.0. The van der Waals surface area contributed by atoms with Gasteiger partial charge in [-0.25, -0.2) is 0 Å². The summed E-state index contributed by atoms with van der Waals surface area (Å²) in [6, 6.07) is 10.1. The summed E-state index contributed by atoms with van der Waals surface area (Å²) in [5.74, 6) is 0.971. The van der Waals surface area contributed by atoms with Crippen molar-refractivity contribution < 1.29 is 14.4 Å². The molecular formula is C18H22BrN2O2+. The molecule has 1 amide bonds. The first kappa shape index (κ1) is 16.3. The van der Waals surface area contributed by atoms with E-state index >= 15 is 0 Å². The number of methoxy groups -OCH3 is 1. The Hall–Kier alpha value is -1.59. The number of amides is 1. The van der Waals surface area contributed by atoms with Gasteiger partial charge in [0.2, 0.25) is 5.91 Å². The van der Waals surface area contributed by atoms with E-state index in [1.165, 1.54) is 4.90 Å². The molecule has 1 aliphatic rings. The first-order valence-electron chi connectivity index (χ1n) is 7.92. The lowest BCUT2D eigenvalue weighted by Gasteiger charge is -2.30. The molecular weight excluding hydrogens is 356 g/mol. The Morgan fingerprint density at radius 3 is 2.70 bits per heavy atom. The molecule has 2 aromatic rings. The van der Waals surface area contributed by atoms with Gasteiger partial charge >= 0.3 is 0 Å². The van der Waals surface area contributed by atoms with Crippen molar-refractivity contribution in [2.24, 2.45) is 0 Å². The Balaban J connectivity index is 1.90. The minimum absolute atomic E-state index is 0.186. The molecule has 1 N–H and O–H groups in total. The molecule has 0 radical (unpaired) electrons. The summed E-state index contributed by atoms with van der Waals surface area (Å²) in [6.07, 6.45) is 0.390. The van der Waals surface area contributed by atoms with Crippen LogP contribution in [0.3, 0.4) is 0 Å². The van der Waals surface area contributed by atoms with Crippen molar-refractivity contribution in [2.45, 2.75) is 6.42 Å². The van der Waals surface area contributed by atoms with Crippen molar-refractivity contribution in [1.82, 2.24) is 4.90 Å². The molecule has 0 unspecified atom stereocenters. The number of quaternary nitrogens is 1. The topological polar surface area (TPSA) is 34.0 Å². The molecule has 2 aromatic carbocycles. The number of fused-ring (bicyclic) bond motifs is 1. The van der Waals surface area contributed by atoms with Gasteiger partial charge in [0.15, 0.2) is 0 Å². The van der Waals surface area contributed by atoms with Crippen LogP contribution in [0.15, 0.2) is 34.8 Å². The lowest BCUT2D eigenvalue weighted by molar-refractivity contribution is -0.883. The number of halogens is 1. The zero-order chi connectivity index (χ0) is 16.4. The third-order valence-electron chi connectivity index (χ3n) is 4.57. The number of carbonyl (C=O) groups is 1. The average Bonchev–Trinajstić information content (AvgIpc) is 2.55. The van der Waals surface area contributed by atoms with Crippen LogP contribution in [0.4, 0.5) is 0 Å². The Kier molecular flexibility index (Phi) is 4.87. The number of nitrogens with one attached hydrogen (secondary N) is 1. The number of ether oxygens (including phenoxy) is 1. The highest BCUT2D eigenvalue weighted by molar-refractivity contribution is 9.10. The van der Waals surface area contributed by atoms with Gasteiger partial charge in [-0.05, 0) is 29.0 Å². The highest BCUT2D eigenvalue weighted by atomic mass is 79.9. The van der Waals surface area contributed by atoms with E-state index < -0.39 is 0 Å². The first-order valence-corrected chi connectivity index (χ1v) is 8.72. The van der Waals surface area contributed by atoms with E-state index in [2.05, 4.69) is 35.1 Å². The van der Waals surface area contributed by atoms with Gasteiger partial charge in [0.05, 0.1) is 46.8 Å². The zero-order valence-electron chi connectivity index (χ0n) is 13.6. The Labute approximate surface area is 145 Å². The third-order valence-corrected chi connectivity index (χ3v) is 5.06. The molecule has 23 heavy (non-hydrogen) atoms. The fourth-order valence-electron chi connectivity index (χ4n) is 3.12. The molecule has 4 nitrogen and oxygen atoms in total. The summed E-state index contributed by atoms with van der Waals surface area (Å²) in [6.45, 7) is 3.71. The minimum Gasteiger partial charge on any atom is -0.496 e. The van der Waals surface area contributed by atoms with Gasteiger partial charge in [0, 0.05) is 10.0 Å². The van der Waals surface area contributed by atoms with Gasteiger partial charge in [-0.2, -0.15) is 0 Å². The summed E-state index contributed by atoms with van der Waals surface area (Å²) in [5.41, 5.74) is 0.980. The normalized spacial score (nSPS) is 15.9. The minimum atomic E-state index is 0.186. The quantitative estimate of drug-likeness (QED) is 0.879. The highest BCUT2D eigenvalue weighted by Gasteiger charge is 2.23. The fraction of sp³-hybridized carbons (Fsp3) is 0.389. The summed E-state index contributed by atoms with van der Waals surface area (Å²) in [4.78, 5) is 16.2. The molecule has 1 aliphatic heterocycles. The standard InChI is InChI=1S/C18H21BrN2O2/c1-20-7-9-21(10-8-20)18(22)12-16-15-5-4-14(19)11-13(15)3-6-17(16)23-2/h3-6,11H,7-10,12H2,1-2H3/p+1. The Bertz CT molecular complexity index is 724. The van der Waals surface area contributed by atoms with E-state index in [1.54, 1.807) is 7.11 Å². The first-order chi connectivity index (χ1) is 11.1. The molecule has 0 aromatic heterocycles. The van der Waals surface area contributed by atoms with Gasteiger partial charge in [0.25, 0.3) is 0 Å². The van der Waals surface area contributed by atoms with E-state index in [4.69, 9.17) is 4.74 Å². The number of nitrogens with zero attached hydrogens (tertiary/aromatic N) is 1. The summed E-state index contributed by atoms with van der Waals surface area (Å²) < 4.78 is 6.54. The van der Waals surface area contributed by atoms with Crippen molar-refractivity contribution in [1.29, 1.82) is 0 Å². The molecule has 0 aliphatic carbocycles. The van der Waals surface area contributed by atoms with Crippen molar-refractivity contribution in [2.75, 3.05) is 40.3 Å². The second-order valence-electron chi connectivity index (χ2n) is 6.13. The maximum Gasteiger partial charge on any atom is 0.227 e. The van der Waals surface area contributed by atoms with Gasteiger partial charge < -0.3 is 14.5 Å². The number of benzene rings is 2. The average molecular weight is 378 g/mol. The van der Waals surface area contributed by atoms with Gasteiger partial charge in [-0.15, -0.1) is 0 Å². The molecule has 0 bridgehead atoms. The number of hydrogen-bond acceptors (Lipinski definition) is 2. The number of piperazine rings is 1. The van der Waals surface area contributed by atoms with Crippen LogP contribution in [0.5, 0.6) is 5.75 Å². The summed E-state index contributed by atoms with van der Waals surface area (Å²) in [5, 5.41) is 2.20. The maximum atomic E-state index is 12.7. The molecule has 0 atom stereocenters. The second kappa shape index (κ2) is 6.89. The van der Waals surface area contributed by atoms with E-state index in [-0.39, 0.29) is 5.91 Å². The Morgan fingerprint density at radius 2 is 2.00 bits per heavy atom. The molecule has 0 saturated carbocycles. The molecule has 3 rings (SSSR count). The fourth-order valence-corrected chi connectivity index (χ4v) is 3.50. The van der Waals surface area contributed by atoms with Crippen LogP contribution in [0.2, 0.25) is 0 Å². The van der Waals surface area contributed by atoms with Crippen LogP contribution in [-0.2, 0) is 11.2 Å². The predicted octanol–water partition coefficient (Wildman–Crippen LogP) is 1.51. The van der Waals surface area contributed by atoms with Crippen LogP contribution in [0, 0.1) is 0 Å². The number of rotatable bonds is 3. The van der Waals surface area contributed by atoms with E-state index in [9.17, 15) is 4.79 Å². The van der Waals surface area contributed by atoms with E-state index in [0.717, 1.165) is 52.7 Å². The van der Waals surface area contributed by atoms with Crippen molar-refractivity contribution >= 4 is 32.6 Å². The van der Waals surface area contributed by atoms with E-state index in [1.807, 2.05) is 23.1 Å². The lowest BCUT2D eigenvalue weighted by Crippen LogP contribution is -3.12. The molecule has 122 valence electrons. The molecule has 1 fully saturated rings. The third kappa shape index (κ3) is 3.51. The van der Waals surface area contributed by atoms with Gasteiger partial charge in [0.1, 0.15) is 5.75 Å². The van der Waals surface area contributed by atoms with Crippen LogP contribution in [0.25, 0.3) is 10.8 Å². The summed E-state index contributed by atoms with van der Waals surface area (Å²) >= 11 is 3.50. The van der Waals surface area contributed by atoms with Crippen LogP contribution in [-0.4, -0.2) is 51.1 Å². The molecule has 0 spiro atoms. The number of carbonyl (C=O) groups excluding carboxylic acids is 1. The van der Waals surface area contributed by atoms with Crippen LogP contribution >= 0.6 is 15.9 Å². The second-order valence-corrected chi connectivity index (χ2v) is 7.04. The maximum absolute atomic E-state index is 12.7. The summed E-state index contributed by atoms with van der Waals surface area (Å²) in [7, 11) is 3.83. The Morgan fingerprint density at radius 1 is 1.26 bits per heavy atom. The highest BCUT2D eigenvalue weighted by Crippen LogP contribution is 2.30. The monoisotopic (exact) mass is 377 g/mol. The van der Waals surface area contributed by atoms with Crippen LogP contribution < -0.4 is 9.64 Å².